The highest BCUT2D eigenvalue weighted by molar-refractivity contribution is 5.72. The van der Waals surface area contributed by atoms with Gasteiger partial charge in [0.05, 0.1) is 4.92 Å². The zero-order valence-corrected chi connectivity index (χ0v) is 10.9. The zero-order valence-electron chi connectivity index (χ0n) is 10.9. The van der Waals surface area contributed by atoms with Crippen molar-refractivity contribution >= 4 is 11.5 Å². The van der Waals surface area contributed by atoms with Gasteiger partial charge in [-0.2, -0.15) is 0 Å². The Morgan fingerprint density at radius 3 is 2.52 bits per heavy atom. The van der Waals surface area contributed by atoms with Crippen LogP contribution < -0.4 is 5.32 Å². The second-order valence-electron chi connectivity index (χ2n) is 4.07. The number of anilines is 1. The molecule has 1 aromatic heterocycles. The molecule has 0 saturated carbocycles. The monoisotopic (exact) mass is 297 g/mol. The summed E-state index contributed by atoms with van der Waals surface area (Å²) in [5.41, 5.74) is -1.34. The van der Waals surface area contributed by atoms with Crippen molar-refractivity contribution < 1.29 is 18.1 Å². The second kappa shape index (κ2) is 5.78. The maximum atomic E-state index is 13.8. The van der Waals surface area contributed by atoms with Gasteiger partial charge in [-0.3, -0.25) is 10.1 Å². The van der Waals surface area contributed by atoms with Crippen LogP contribution >= 0.6 is 0 Å². The van der Waals surface area contributed by atoms with Gasteiger partial charge in [-0.25, -0.2) is 18.2 Å². The molecule has 0 aliphatic heterocycles. The van der Waals surface area contributed by atoms with Crippen molar-refractivity contribution in [2.45, 2.75) is 6.92 Å². The standard InChI is InChI=1S/C13H10F3N3O2/c1-2-17-10-6-5-9(19(20)21)13(18-10)7-3-4-8(14)12(16)11(7)15/h3-6H,2H2,1H3,(H,17,18). The first-order chi connectivity index (χ1) is 9.95. The summed E-state index contributed by atoms with van der Waals surface area (Å²) in [6.07, 6.45) is 0. The van der Waals surface area contributed by atoms with Crippen molar-refractivity contribution in [1.82, 2.24) is 4.98 Å². The van der Waals surface area contributed by atoms with Crippen LogP contribution in [0.1, 0.15) is 6.92 Å². The van der Waals surface area contributed by atoms with Crippen LogP contribution in [0.4, 0.5) is 24.7 Å². The Balaban J connectivity index is 2.68. The van der Waals surface area contributed by atoms with Gasteiger partial charge in [0, 0.05) is 18.2 Å². The lowest BCUT2D eigenvalue weighted by Gasteiger charge is -2.08. The summed E-state index contributed by atoms with van der Waals surface area (Å²) in [6, 6.07) is 4.09. The predicted octanol–water partition coefficient (Wildman–Crippen LogP) is 3.51. The highest BCUT2D eigenvalue weighted by Crippen LogP contribution is 2.32. The number of nitrogens with zero attached hydrogens (tertiary/aromatic N) is 2. The average Bonchev–Trinajstić information content (AvgIpc) is 2.45. The molecule has 0 aliphatic carbocycles. The topological polar surface area (TPSA) is 68.1 Å². The molecule has 110 valence electrons. The van der Waals surface area contributed by atoms with E-state index in [9.17, 15) is 23.3 Å². The number of benzene rings is 1. The lowest BCUT2D eigenvalue weighted by Crippen LogP contribution is -2.04. The first kappa shape index (κ1) is 14.8. The fraction of sp³-hybridized carbons (Fsp3) is 0.154. The summed E-state index contributed by atoms with van der Waals surface area (Å²) in [7, 11) is 0. The van der Waals surface area contributed by atoms with Crippen molar-refractivity contribution in [3.05, 3.63) is 51.8 Å². The van der Waals surface area contributed by atoms with E-state index in [2.05, 4.69) is 10.3 Å². The predicted molar refractivity (Wildman–Crippen MR) is 70.4 cm³/mol. The molecule has 5 nitrogen and oxygen atoms in total. The molecule has 0 fully saturated rings. The van der Waals surface area contributed by atoms with Crippen molar-refractivity contribution in [2.75, 3.05) is 11.9 Å². The lowest BCUT2D eigenvalue weighted by atomic mass is 10.1. The summed E-state index contributed by atoms with van der Waals surface area (Å²) < 4.78 is 40.1. The molecule has 2 rings (SSSR count). The first-order valence-corrected chi connectivity index (χ1v) is 5.98. The van der Waals surface area contributed by atoms with Gasteiger partial charge in [0.15, 0.2) is 23.1 Å². The molecule has 1 heterocycles. The fourth-order valence-electron chi connectivity index (χ4n) is 1.79. The van der Waals surface area contributed by atoms with E-state index >= 15 is 0 Å². The van der Waals surface area contributed by atoms with E-state index in [4.69, 9.17) is 0 Å². The van der Waals surface area contributed by atoms with Crippen LogP contribution in [0.3, 0.4) is 0 Å². The maximum absolute atomic E-state index is 13.8. The molecule has 1 aromatic carbocycles. The van der Waals surface area contributed by atoms with Crippen molar-refractivity contribution in [1.29, 1.82) is 0 Å². The summed E-state index contributed by atoms with van der Waals surface area (Å²) in [5, 5.41) is 13.8. The van der Waals surface area contributed by atoms with E-state index in [1.807, 2.05) is 0 Å². The molecule has 0 bridgehead atoms. The normalized spacial score (nSPS) is 10.5. The van der Waals surface area contributed by atoms with Crippen molar-refractivity contribution in [2.24, 2.45) is 0 Å². The molecular weight excluding hydrogens is 287 g/mol. The number of nitro groups is 1. The molecule has 0 saturated heterocycles. The Morgan fingerprint density at radius 2 is 1.90 bits per heavy atom. The number of hydrogen-bond donors (Lipinski definition) is 1. The summed E-state index contributed by atoms with van der Waals surface area (Å²) in [4.78, 5) is 14.1. The van der Waals surface area contributed by atoms with Gasteiger partial charge in [0.25, 0.3) is 5.69 Å². The minimum atomic E-state index is -1.70. The minimum Gasteiger partial charge on any atom is -0.370 e. The molecule has 0 aliphatic rings. The van der Waals surface area contributed by atoms with Crippen LogP contribution in [0.15, 0.2) is 24.3 Å². The van der Waals surface area contributed by atoms with Crippen LogP contribution in [-0.2, 0) is 0 Å². The van der Waals surface area contributed by atoms with E-state index < -0.39 is 33.6 Å². The van der Waals surface area contributed by atoms with Gasteiger partial charge >= 0.3 is 0 Å². The summed E-state index contributed by atoms with van der Waals surface area (Å²) >= 11 is 0. The third kappa shape index (κ3) is 2.78. The number of rotatable bonds is 4. The first-order valence-electron chi connectivity index (χ1n) is 5.98. The third-order valence-electron chi connectivity index (χ3n) is 2.72. The second-order valence-corrected chi connectivity index (χ2v) is 4.07. The fourth-order valence-corrected chi connectivity index (χ4v) is 1.79. The maximum Gasteiger partial charge on any atom is 0.295 e. The van der Waals surface area contributed by atoms with Gasteiger partial charge < -0.3 is 5.32 Å². The number of nitrogens with one attached hydrogen (secondary N) is 1. The molecule has 0 amide bonds. The Morgan fingerprint density at radius 1 is 1.19 bits per heavy atom. The van der Waals surface area contributed by atoms with E-state index in [1.165, 1.54) is 6.07 Å². The van der Waals surface area contributed by atoms with Crippen LogP contribution in [0.5, 0.6) is 0 Å². The van der Waals surface area contributed by atoms with Gasteiger partial charge in [-0.05, 0) is 25.1 Å². The van der Waals surface area contributed by atoms with E-state index in [0.717, 1.165) is 12.1 Å². The number of halogens is 3. The largest absolute Gasteiger partial charge is 0.370 e. The van der Waals surface area contributed by atoms with E-state index in [0.29, 0.717) is 12.6 Å². The Kier molecular flexibility index (Phi) is 4.06. The van der Waals surface area contributed by atoms with Crippen LogP contribution in [-0.4, -0.2) is 16.5 Å². The molecule has 8 heteroatoms. The highest BCUT2D eigenvalue weighted by atomic mass is 19.2. The Labute approximate surface area is 117 Å². The molecule has 0 radical (unpaired) electrons. The van der Waals surface area contributed by atoms with Crippen molar-refractivity contribution in [3.8, 4) is 11.3 Å². The van der Waals surface area contributed by atoms with E-state index in [-0.39, 0.29) is 11.5 Å². The minimum absolute atomic E-state index is 0.266. The SMILES string of the molecule is CCNc1ccc([N+](=O)[O-])c(-c2ccc(F)c(F)c2F)n1. The number of pyridine rings is 1. The highest BCUT2D eigenvalue weighted by Gasteiger charge is 2.23. The van der Waals surface area contributed by atoms with Crippen LogP contribution in [0.2, 0.25) is 0 Å². The number of hydrogen-bond acceptors (Lipinski definition) is 4. The average molecular weight is 297 g/mol. The van der Waals surface area contributed by atoms with Crippen LogP contribution in [0.25, 0.3) is 11.3 Å². The smallest absolute Gasteiger partial charge is 0.295 e. The Hall–Kier alpha value is -2.64. The van der Waals surface area contributed by atoms with Gasteiger partial charge in [0.1, 0.15) is 5.82 Å². The molecule has 2 aromatic rings. The van der Waals surface area contributed by atoms with Gasteiger partial charge in [-0.1, -0.05) is 0 Å². The van der Waals surface area contributed by atoms with E-state index in [1.54, 1.807) is 6.92 Å². The van der Waals surface area contributed by atoms with Gasteiger partial charge in [-0.15, -0.1) is 0 Å². The molecule has 0 spiro atoms. The quantitative estimate of drug-likeness (QED) is 0.532. The molecule has 21 heavy (non-hydrogen) atoms. The summed E-state index contributed by atoms with van der Waals surface area (Å²) in [5.74, 6) is -4.32. The zero-order chi connectivity index (χ0) is 15.6. The van der Waals surface area contributed by atoms with Crippen LogP contribution in [0, 0.1) is 27.6 Å². The Bertz CT molecular complexity index is 707. The molecule has 1 N–H and O–H groups in total. The number of aromatic nitrogens is 1. The van der Waals surface area contributed by atoms with Crippen molar-refractivity contribution in [3.63, 3.8) is 0 Å². The van der Waals surface area contributed by atoms with Gasteiger partial charge in [0.2, 0.25) is 0 Å². The lowest BCUT2D eigenvalue weighted by molar-refractivity contribution is -0.384. The summed E-state index contributed by atoms with van der Waals surface area (Å²) in [6.45, 7) is 2.27. The molecular formula is C13H10F3N3O2. The third-order valence-corrected chi connectivity index (χ3v) is 2.72. The molecule has 0 unspecified atom stereocenters. The molecule has 0 atom stereocenters.